The van der Waals surface area contributed by atoms with Crippen LogP contribution in [0.15, 0.2) is 48.5 Å². The first-order chi connectivity index (χ1) is 12.8. The minimum atomic E-state index is -1.21. The Morgan fingerprint density at radius 2 is 1.89 bits per heavy atom. The Labute approximate surface area is 162 Å². The van der Waals surface area contributed by atoms with Crippen LogP contribution in [-0.4, -0.2) is 29.4 Å². The average Bonchev–Trinajstić information content (AvgIpc) is 2.85. The van der Waals surface area contributed by atoms with E-state index in [2.05, 4.69) is 5.32 Å². The standard InChI is InChI=1S/C20H19ClN2O4/c1-13-6-8-15(9-7-13)20(2)18(25)23(19(26)22-20)11-17(24)27-12-14-4-3-5-16(21)10-14/h3-10H,11-12H2,1-2H3,(H,22,26)/t20-/m0/s1. The Bertz CT molecular complexity index is 897. The van der Waals surface area contributed by atoms with Gasteiger partial charge in [-0.05, 0) is 37.1 Å². The molecule has 0 spiro atoms. The third kappa shape index (κ3) is 3.95. The number of imide groups is 1. The summed E-state index contributed by atoms with van der Waals surface area (Å²) in [5, 5.41) is 3.20. The Hall–Kier alpha value is -2.86. The molecular weight excluding hydrogens is 368 g/mol. The maximum Gasteiger partial charge on any atom is 0.326 e. The summed E-state index contributed by atoms with van der Waals surface area (Å²) in [7, 11) is 0. The van der Waals surface area contributed by atoms with Crippen LogP contribution in [0.1, 0.15) is 23.6 Å². The van der Waals surface area contributed by atoms with Crippen LogP contribution in [0.4, 0.5) is 4.79 Å². The van der Waals surface area contributed by atoms with E-state index < -0.39 is 30.0 Å². The summed E-state index contributed by atoms with van der Waals surface area (Å²) in [6, 6.07) is 13.6. The molecule has 3 amide bonds. The molecule has 7 heteroatoms. The van der Waals surface area contributed by atoms with Gasteiger partial charge < -0.3 is 10.1 Å². The number of nitrogens with one attached hydrogen (secondary N) is 1. The topological polar surface area (TPSA) is 75.7 Å². The number of benzene rings is 2. The molecule has 3 rings (SSSR count). The molecule has 1 aliphatic heterocycles. The van der Waals surface area contributed by atoms with Crippen LogP contribution in [0.5, 0.6) is 0 Å². The molecule has 0 unspecified atom stereocenters. The number of carbonyl (C=O) groups excluding carboxylic acids is 3. The van der Waals surface area contributed by atoms with E-state index in [1.165, 1.54) is 0 Å². The van der Waals surface area contributed by atoms with Crippen molar-refractivity contribution in [1.29, 1.82) is 0 Å². The second kappa shape index (κ2) is 7.40. The fraction of sp³-hybridized carbons (Fsp3) is 0.250. The van der Waals surface area contributed by atoms with Gasteiger partial charge in [0.1, 0.15) is 18.7 Å². The third-order valence-corrected chi connectivity index (χ3v) is 4.72. The zero-order valence-corrected chi connectivity index (χ0v) is 15.7. The zero-order valence-electron chi connectivity index (χ0n) is 15.0. The van der Waals surface area contributed by atoms with E-state index in [0.29, 0.717) is 10.6 Å². The number of hydrogen-bond donors (Lipinski definition) is 1. The number of aryl methyl sites for hydroxylation is 1. The van der Waals surface area contributed by atoms with Gasteiger partial charge in [0.25, 0.3) is 5.91 Å². The number of carbonyl (C=O) groups is 3. The molecule has 0 aliphatic carbocycles. The van der Waals surface area contributed by atoms with Gasteiger partial charge in [-0.15, -0.1) is 0 Å². The number of halogens is 1. The van der Waals surface area contributed by atoms with Gasteiger partial charge in [0, 0.05) is 5.02 Å². The molecule has 0 radical (unpaired) electrons. The van der Waals surface area contributed by atoms with Crippen molar-refractivity contribution in [1.82, 2.24) is 10.2 Å². The molecule has 1 saturated heterocycles. The summed E-state index contributed by atoms with van der Waals surface area (Å²) in [5.74, 6) is -1.16. The first-order valence-electron chi connectivity index (χ1n) is 8.41. The Morgan fingerprint density at radius 1 is 1.19 bits per heavy atom. The second-order valence-corrected chi connectivity index (χ2v) is 7.04. The lowest BCUT2D eigenvalue weighted by molar-refractivity contribution is -0.148. The van der Waals surface area contributed by atoms with Gasteiger partial charge in [0.2, 0.25) is 0 Å². The summed E-state index contributed by atoms with van der Waals surface area (Å²) in [6.45, 7) is 3.11. The van der Waals surface area contributed by atoms with Crippen LogP contribution >= 0.6 is 11.6 Å². The van der Waals surface area contributed by atoms with Crippen LogP contribution < -0.4 is 5.32 Å². The van der Waals surface area contributed by atoms with Gasteiger partial charge in [-0.2, -0.15) is 0 Å². The van der Waals surface area contributed by atoms with Gasteiger partial charge in [-0.1, -0.05) is 53.6 Å². The smallest absolute Gasteiger partial charge is 0.326 e. The molecule has 1 aliphatic rings. The average molecular weight is 387 g/mol. The SMILES string of the molecule is Cc1ccc([C@]2(C)NC(=O)N(CC(=O)OCc3cccc(Cl)c3)C2=O)cc1. The van der Waals surface area contributed by atoms with Crippen LogP contribution in [0.25, 0.3) is 0 Å². The molecule has 0 saturated carbocycles. The molecular formula is C20H19ClN2O4. The van der Waals surface area contributed by atoms with Gasteiger partial charge in [0.05, 0.1) is 0 Å². The maximum absolute atomic E-state index is 12.8. The minimum Gasteiger partial charge on any atom is -0.459 e. The first-order valence-corrected chi connectivity index (χ1v) is 8.79. The van der Waals surface area contributed by atoms with E-state index in [9.17, 15) is 14.4 Å². The van der Waals surface area contributed by atoms with E-state index in [0.717, 1.165) is 16.0 Å². The summed E-state index contributed by atoms with van der Waals surface area (Å²) in [5.41, 5.74) is 1.21. The van der Waals surface area contributed by atoms with Crippen LogP contribution in [0, 0.1) is 6.92 Å². The van der Waals surface area contributed by atoms with Crippen LogP contribution in [0.3, 0.4) is 0 Å². The first kappa shape index (κ1) is 18.9. The quantitative estimate of drug-likeness (QED) is 0.632. The van der Waals surface area contributed by atoms with Crippen molar-refractivity contribution in [3.63, 3.8) is 0 Å². The predicted octanol–water partition coefficient (Wildman–Crippen LogP) is 3.16. The summed E-state index contributed by atoms with van der Waals surface area (Å²) < 4.78 is 5.16. The van der Waals surface area contributed by atoms with E-state index in [4.69, 9.17) is 16.3 Å². The largest absolute Gasteiger partial charge is 0.459 e. The highest BCUT2D eigenvalue weighted by Gasteiger charge is 2.49. The predicted molar refractivity (Wildman–Crippen MR) is 100 cm³/mol. The molecule has 0 aromatic heterocycles. The summed E-state index contributed by atoms with van der Waals surface area (Å²) in [6.07, 6.45) is 0. The Balaban J connectivity index is 1.66. The monoisotopic (exact) mass is 386 g/mol. The van der Waals surface area contributed by atoms with Crippen molar-refractivity contribution in [2.75, 3.05) is 6.54 Å². The summed E-state index contributed by atoms with van der Waals surface area (Å²) >= 11 is 5.89. The lowest BCUT2D eigenvalue weighted by atomic mass is 9.91. The van der Waals surface area contributed by atoms with Crippen LogP contribution in [-0.2, 0) is 26.5 Å². The number of hydrogen-bond acceptors (Lipinski definition) is 4. The number of ether oxygens (including phenoxy) is 1. The maximum atomic E-state index is 12.8. The fourth-order valence-corrected chi connectivity index (χ4v) is 3.10. The number of esters is 1. The van der Waals surface area contributed by atoms with E-state index in [1.54, 1.807) is 43.3 Å². The molecule has 1 fully saturated rings. The van der Waals surface area contributed by atoms with Gasteiger partial charge in [0.15, 0.2) is 0 Å². The molecule has 27 heavy (non-hydrogen) atoms. The number of rotatable bonds is 5. The van der Waals surface area contributed by atoms with E-state index >= 15 is 0 Å². The highest BCUT2D eigenvalue weighted by Crippen LogP contribution is 2.29. The molecule has 0 bridgehead atoms. The molecule has 6 nitrogen and oxygen atoms in total. The van der Waals surface area contributed by atoms with Crippen molar-refractivity contribution < 1.29 is 19.1 Å². The number of amides is 3. The molecule has 1 heterocycles. The number of nitrogens with zero attached hydrogens (tertiary/aromatic N) is 1. The number of urea groups is 1. The van der Waals surface area contributed by atoms with Crippen molar-refractivity contribution in [3.05, 3.63) is 70.2 Å². The van der Waals surface area contributed by atoms with Crippen molar-refractivity contribution in [2.24, 2.45) is 0 Å². The normalized spacial score (nSPS) is 19.1. The summed E-state index contributed by atoms with van der Waals surface area (Å²) in [4.78, 5) is 38.0. The highest BCUT2D eigenvalue weighted by molar-refractivity contribution is 6.30. The lowest BCUT2D eigenvalue weighted by Gasteiger charge is -2.22. The van der Waals surface area contributed by atoms with Crippen LogP contribution in [0.2, 0.25) is 5.02 Å². The Kier molecular flexibility index (Phi) is 5.19. The van der Waals surface area contributed by atoms with Crippen molar-refractivity contribution >= 4 is 29.5 Å². The zero-order chi connectivity index (χ0) is 19.6. The van der Waals surface area contributed by atoms with Crippen molar-refractivity contribution in [3.8, 4) is 0 Å². The molecule has 140 valence electrons. The van der Waals surface area contributed by atoms with Gasteiger partial charge >= 0.3 is 12.0 Å². The molecule has 2 aromatic carbocycles. The van der Waals surface area contributed by atoms with E-state index in [-0.39, 0.29) is 6.61 Å². The lowest BCUT2D eigenvalue weighted by Crippen LogP contribution is -2.41. The van der Waals surface area contributed by atoms with E-state index in [1.807, 2.05) is 19.1 Å². The van der Waals surface area contributed by atoms with Gasteiger partial charge in [-0.3, -0.25) is 14.5 Å². The minimum absolute atomic E-state index is 0.0122. The second-order valence-electron chi connectivity index (χ2n) is 6.60. The fourth-order valence-electron chi connectivity index (χ4n) is 2.89. The molecule has 2 aromatic rings. The molecule has 1 N–H and O–H groups in total. The van der Waals surface area contributed by atoms with Gasteiger partial charge in [-0.25, -0.2) is 4.79 Å². The highest BCUT2D eigenvalue weighted by atomic mass is 35.5. The van der Waals surface area contributed by atoms with Crippen molar-refractivity contribution in [2.45, 2.75) is 26.0 Å². The Morgan fingerprint density at radius 3 is 2.56 bits per heavy atom. The molecule has 1 atom stereocenters. The third-order valence-electron chi connectivity index (χ3n) is 4.48.